The van der Waals surface area contributed by atoms with E-state index in [1.165, 1.54) is 0 Å². The van der Waals surface area contributed by atoms with Gasteiger partial charge in [0.2, 0.25) is 0 Å². The minimum absolute atomic E-state index is 0.136. The summed E-state index contributed by atoms with van der Waals surface area (Å²) < 4.78 is 7.39. The fourth-order valence-corrected chi connectivity index (χ4v) is 3.14. The van der Waals surface area contributed by atoms with E-state index in [4.69, 9.17) is 4.74 Å². The number of hydrogen-bond donors (Lipinski definition) is 2. The zero-order valence-corrected chi connectivity index (χ0v) is 11.8. The summed E-state index contributed by atoms with van der Waals surface area (Å²) in [6.07, 6.45) is 0.851. The van der Waals surface area contributed by atoms with Crippen LogP contribution in [-0.4, -0.2) is 30.9 Å². The fraction of sp³-hybridized carbons (Fsp3) is 0.455. The number of phenolic OH excluding ortho intramolecular Hbond substituents is 1. The molecule has 1 fully saturated rings. The molecule has 1 aliphatic rings. The normalized spacial score (nSPS) is 21.0. The Balaban J connectivity index is 2.14. The van der Waals surface area contributed by atoms with Crippen LogP contribution in [0.2, 0.25) is 0 Å². The number of halogens is 2. The lowest BCUT2D eigenvalue weighted by atomic mass is 10.1. The molecule has 88 valence electrons. The number of ether oxygens (including phenoxy) is 1. The van der Waals surface area contributed by atoms with Crippen molar-refractivity contribution in [3.05, 3.63) is 26.6 Å². The molecule has 1 saturated heterocycles. The third-order valence-electron chi connectivity index (χ3n) is 2.57. The predicted octanol–water partition coefficient (Wildman–Crippen LogP) is 2.45. The molecule has 1 aromatic rings. The van der Waals surface area contributed by atoms with Crippen LogP contribution in [0.25, 0.3) is 0 Å². The molecule has 5 heteroatoms. The Labute approximate surface area is 111 Å². The molecule has 0 spiro atoms. The molecule has 1 aliphatic heterocycles. The van der Waals surface area contributed by atoms with Crippen molar-refractivity contribution in [3.8, 4) is 5.75 Å². The van der Waals surface area contributed by atoms with Gasteiger partial charge in [-0.05, 0) is 12.1 Å². The van der Waals surface area contributed by atoms with Gasteiger partial charge >= 0.3 is 0 Å². The van der Waals surface area contributed by atoms with Gasteiger partial charge in [0.15, 0.2) is 0 Å². The molecule has 0 radical (unpaired) electrons. The van der Waals surface area contributed by atoms with Gasteiger partial charge in [-0.25, -0.2) is 0 Å². The Hall–Kier alpha value is -0.100. The first kappa shape index (κ1) is 12.4. The van der Waals surface area contributed by atoms with E-state index in [9.17, 15) is 5.11 Å². The highest BCUT2D eigenvalue weighted by Gasteiger charge is 2.17. The number of rotatable bonds is 2. The first-order valence-electron chi connectivity index (χ1n) is 5.16. The van der Waals surface area contributed by atoms with Crippen molar-refractivity contribution in [1.29, 1.82) is 0 Å². The lowest BCUT2D eigenvalue weighted by Crippen LogP contribution is -2.39. The third kappa shape index (κ3) is 2.97. The van der Waals surface area contributed by atoms with E-state index >= 15 is 0 Å². The molecule has 0 amide bonds. The molecule has 1 atom stereocenters. The average molecular weight is 351 g/mol. The molecule has 2 N–H and O–H groups in total. The van der Waals surface area contributed by atoms with Crippen LogP contribution in [-0.2, 0) is 11.2 Å². The van der Waals surface area contributed by atoms with Crippen molar-refractivity contribution in [2.45, 2.75) is 12.5 Å². The van der Waals surface area contributed by atoms with Crippen LogP contribution in [0.5, 0.6) is 5.75 Å². The van der Waals surface area contributed by atoms with Crippen molar-refractivity contribution in [3.63, 3.8) is 0 Å². The van der Waals surface area contributed by atoms with Crippen LogP contribution in [0.15, 0.2) is 21.1 Å². The number of nitrogens with one attached hydrogen (secondary N) is 1. The summed E-state index contributed by atoms with van der Waals surface area (Å²) in [7, 11) is 0. The third-order valence-corrected chi connectivity index (χ3v) is 3.74. The van der Waals surface area contributed by atoms with Crippen LogP contribution in [0.1, 0.15) is 5.56 Å². The quantitative estimate of drug-likeness (QED) is 0.860. The van der Waals surface area contributed by atoms with Gasteiger partial charge in [0.25, 0.3) is 0 Å². The van der Waals surface area contributed by atoms with Crippen LogP contribution in [0.4, 0.5) is 0 Å². The minimum atomic E-state index is 0.136. The maximum Gasteiger partial charge on any atom is 0.121 e. The van der Waals surface area contributed by atoms with E-state index in [-0.39, 0.29) is 6.10 Å². The Kier molecular flexibility index (Phi) is 4.24. The van der Waals surface area contributed by atoms with Crippen molar-refractivity contribution < 1.29 is 9.84 Å². The van der Waals surface area contributed by atoms with Crippen molar-refractivity contribution in [2.24, 2.45) is 0 Å². The number of phenols is 1. The Morgan fingerprint density at radius 2 is 2.25 bits per heavy atom. The second-order valence-corrected chi connectivity index (χ2v) is 5.56. The summed E-state index contributed by atoms with van der Waals surface area (Å²) >= 11 is 6.80. The Morgan fingerprint density at radius 1 is 1.44 bits per heavy atom. The zero-order valence-electron chi connectivity index (χ0n) is 8.67. The van der Waals surface area contributed by atoms with Crippen LogP contribution >= 0.6 is 31.9 Å². The molecule has 16 heavy (non-hydrogen) atoms. The Bertz CT molecular complexity index is 355. The van der Waals surface area contributed by atoms with E-state index in [0.29, 0.717) is 12.2 Å². The molecular weight excluding hydrogens is 338 g/mol. The van der Waals surface area contributed by atoms with Crippen LogP contribution < -0.4 is 5.32 Å². The van der Waals surface area contributed by atoms with Gasteiger partial charge in [0, 0.05) is 34.0 Å². The van der Waals surface area contributed by atoms with E-state index in [0.717, 1.165) is 34.2 Å². The average Bonchev–Trinajstić information content (AvgIpc) is 2.25. The van der Waals surface area contributed by atoms with Crippen LogP contribution in [0.3, 0.4) is 0 Å². The topological polar surface area (TPSA) is 41.5 Å². The van der Waals surface area contributed by atoms with Crippen molar-refractivity contribution in [1.82, 2.24) is 5.32 Å². The smallest absolute Gasteiger partial charge is 0.121 e. The minimum Gasteiger partial charge on any atom is -0.508 e. The molecule has 1 aromatic carbocycles. The number of morpholine rings is 1. The van der Waals surface area contributed by atoms with Crippen molar-refractivity contribution in [2.75, 3.05) is 19.7 Å². The predicted molar refractivity (Wildman–Crippen MR) is 69.8 cm³/mol. The van der Waals surface area contributed by atoms with Crippen molar-refractivity contribution >= 4 is 31.9 Å². The molecule has 0 aliphatic carbocycles. The van der Waals surface area contributed by atoms with Gasteiger partial charge in [-0.1, -0.05) is 31.9 Å². The highest BCUT2D eigenvalue weighted by atomic mass is 79.9. The SMILES string of the molecule is Oc1cc(Br)cc(Br)c1CC1CNCCO1. The molecule has 1 heterocycles. The highest BCUT2D eigenvalue weighted by molar-refractivity contribution is 9.11. The zero-order chi connectivity index (χ0) is 11.5. The highest BCUT2D eigenvalue weighted by Crippen LogP contribution is 2.31. The van der Waals surface area contributed by atoms with Gasteiger partial charge in [-0.3, -0.25) is 0 Å². The molecule has 0 saturated carbocycles. The summed E-state index contributed by atoms with van der Waals surface area (Å²) in [5.41, 5.74) is 0.900. The number of aromatic hydroxyl groups is 1. The second kappa shape index (κ2) is 5.49. The fourth-order valence-electron chi connectivity index (χ4n) is 1.77. The maximum atomic E-state index is 9.87. The molecule has 2 rings (SSSR count). The molecule has 0 bridgehead atoms. The summed E-state index contributed by atoms with van der Waals surface area (Å²) in [5.74, 6) is 0.301. The van der Waals surface area contributed by atoms with Gasteiger partial charge < -0.3 is 15.2 Å². The monoisotopic (exact) mass is 349 g/mol. The van der Waals surface area contributed by atoms with Crippen LogP contribution in [0, 0.1) is 0 Å². The second-order valence-electron chi connectivity index (χ2n) is 3.79. The lowest BCUT2D eigenvalue weighted by molar-refractivity contribution is 0.0288. The Morgan fingerprint density at radius 3 is 2.88 bits per heavy atom. The largest absolute Gasteiger partial charge is 0.508 e. The standard InChI is InChI=1S/C11H13Br2NO2/c12-7-3-10(13)9(11(15)4-7)5-8-6-14-1-2-16-8/h3-4,8,14-15H,1-2,5-6H2. The first-order chi connectivity index (χ1) is 7.66. The molecule has 0 aromatic heterocycles. The summed E-state index contributed by atoms with van der Waals surface area (Å²) in [5, 5.41) is 13.1. The molecule has 1 unspecified atom stereocenters. The van der Waals surface area contributed by atoms with Gasteiger partial charge in [0.05, 0.1) is 12.7 Å². The molecular formula is C11H13Br2NO2. The maximum absolute atomic E-state index is 9.87. The van der Waals surface area contributed by atoms with E-state index in [1.54, 1.807) is 6.07 Å². The van der Waals surface area contributed by atoms with Gasteiger partial charge in [0.1, 0.15) is 5.75 Å². The first-order valence-corrected chi connectivity index (χ1v) is 6.74. The molecule has 3 nitrogen and oxygen atoms in total. The van der Waals surface area contributed by atoms with E-state index < -0.39 is 0 Å². The number of benzene rings is 1. The van der Waals surface area contributed by atoms with E-state index in [2.05, 4.69) is 37.2 Å². The van der Waals surface area contributed by atoms with Gasteiger partial charge in [-0.2, -0.15) is 0 Å². The summed E-state index contributed by atoms with van der Waals surface area (Å²) in [4.78, 5) is 0. The summed E-state index contributed by atoms with van der Waals surface area (Å²) in [6.45, 7) is 2.48. The number of hydrogen-bond acceptors (Lipinski definition) is 3. The van der Waals surface area contributed by atoms with Gasteiger partial charge in [-0.15, -0.1) is 0 Å². The lowest BCUT2D eigenvalue weighted by Gasteiger charge is -2.24. The van der Waals surface area contributed by atoms with E-state index in [1.807, 2.05) is 6.07 Å². The summed E-state index contributed by atoms with van der Waals surface area (Å²) in [6, 6.07) is 3.64.